The van der Waals surface area contributed by atoms with E-state index < -0.39 is 12.2 Å². The van der Waals surface area contributed by atoms with E-state index in [1.54, 1.807) is 0 Å². The van der Waals surface area contributed by atoms with Crippen LogP contribution in [0, 0.1) is 10.8 Å². The molecule has 2 aromatic rings. The molecule has 0 aliphatic carbocycles. The Bertz CT molecular complexity index is 1400. The number of aliphatic hydroxyl groups is 2. The van der Waals surface area contributed by atoms with Crippen LogP contribution in [0.5, 0.6) is 23.0 Å². The third-order valence-corrected chi connectivity index (χ3v) is 23.0. The van der Waals surface area contributed by atoms with Crippen molar-refractivity contribution in [3.05, 3.63) is 47.5 Å². The van der Waals surface area contributed by atoms with Gasteiger partial charge in [0.1, 0.15) is 38.6 Å². The molecule has 58 heavy (non-hydrogen) atoms. The zero-order valence-corrected chi connectivity index (χ0v) is 39.3. The van der Waals surface area contributed by atoms with Crippen molar-refractivity contribution in [3.63, 3.8) is 0 Å². The van der Waals surface area contributed by atoms with Gasteiger partial charge in [-0.2, -0.15) is 47.0 Å². The molecule has 5 aliphatic rings. The van der Waals surface area contributed by atoms with Crippen LogP contribution in [-0.4, -0.2) is 155 Å². The maximum absolute atomic E-state index is 11.4. The van der Waals surface area contributed by atoms with Crippen LogP contribution >= 0.6 is 94.1 Å². The topological polar surface area (TPSA) is 114 Å². The zero-order valence-electron chi connectivity index (χ0n) is 32.8. The fourth-order valence-corrected chi connectivity index (χ4v) is 19.9. The lowest BCUT2D eigenvalue weighted by Crippen LogP contribution is -2.39. The van der Waals surface area contributed by atoms with Crippen molar-refractivity contribution >= 4 is 94.1 Å². The summed E-state index contributed by atoms with van der Waals surface area (Å²) in [7, 11) is 0. The highest BCUT2D eigenvalue weighted by Crippen LogP contribution is 2.52. The molecule has 4 fully saturated rings. The van der Waals surface area contributed by atoms with Crippen molar-refractivity contribution in [3.8, 4) is 23.0 Å². The average Bonchev–Trinajstić information content (AvgIpc) is 3.26. The molecule has 5 heterocycles. The van der Waals surface area contributed by atoms with Gasteiger partial charge in [0, 0.05) is 67.0 Å². The first-order valence-electron chi connectivity index (χ1n) is 19.8. The van der Waals surface area contributed by atoms with Crippen LogP contribution in [0.1, 0.15) is 23.3 Å². The van der Waals surface area contributed by atoms with Crippen molar-refractivity contribution < 1.29 is 48.1 Å². The van der Waals surface area contributed by atoms with E-state index >= 15 is 0 Å². The van der Waals surface area contributed by atoms with Crippen molar-refractivity contribution in [2.45, 2.75) is 21.4 Å². The normalized spacial score (nSPS) is 25.9. The molecule has 2 atom stereocenters. The molecule has 0 radical (unpaired) electrons. The molecular formula is C40H56O10S8. The summed E-state index contributed by atoms with van der Waals surface area (Å²) < 4.78 is 47.9. The number of fused-ring (bicyclic) bond motifs is 2. The van der Waals surface area contributed by atoms with Gasteiger partial charge in [-0.3, -0.25) is 0 Å². The first kappa shape index (κ1) is 46.2. The summed E-state index contributed by atoms with van der Waals surface area (Å²) in [6.07, 6.45) is -1.23. The molecular weight excluding hydrogens is 897 g/mol. The fraction of sp³-hybridized carbons (Fsp3) is 0.700. The molecule has 2 spiro atoms. The molecule has 324 valence electrons. The molecule has 0 aromatic heterocycles. The molecule has 0 amide bonds. The van der Waals surface area contributed by atoms with Gasteiger partial charge in [-0.05, 0) is 35.4 Å². The summed E-state index contributed by atoms with van der Waals surface area (Å²) in [5.41, 5.74) is 2.38. The smallest absolute Gasteiger partial charge is 0.161 e. The van der Waals surface area contributed by atoms with Gasteiger partial charge in [-0.25, -0.2) is 0 Å². The first-order valence-corrected chi connectivity index (χ1v) is 28.6. The lowest BCUT2D eigenvalue weighted by Gasteiger charge is -2.42. The third-order valence-electron chi connectivity index (χ3n) is 10.0. The van der Waals surface area contributed by atoms with Crippen molar-refractivity contribution in [2.24, 2.45) is 10.8 Å². The third kappa shape index (κ3) is 13.6. The van der Waals surface area contributed by atoms with Gasteiger partial charge in [0.25, 0.3) is 0 Å². The Morgan fingerprint density at radius 2 is 0.724 bits per heavy atom. The molecule has 4 saturated heterocycles. The van der Waals surface area contributed by atoms with Gasteiger partial charge < -0.3 is 48.1 Å². The molecule has 0 saturated carbocycles. The van der Waals surface area contributed by atoms with E-state index in [1.807, 2.05) is 130 Å². The number of hydrogen-bond donors (Lipinski definition) is 2. The predicted molar refractivity (Wildman–Crippen MR) is 250 cm³/mol. The number of hydrogen-bond acceptors (Lipinski definition) is 18. The minimum atomic E-state index is -0.615. The SMILES string of the molecule is OC(c1ccc2c(c1)OCCOCCOCCOc1ccc(C(O)C3SCC4(CSCSC4)CS3)cc1OCCOCCOCCO2)C1SCC2(CSCSC2)CS1. The molecule has 2 unspecified atom stereocenters. The fourth-order valence-electron chi connectivity index (χ4n) is 6.83. The predicted octanol–water partition coefficient (Wildman–Crippen LogP) is 7.51. The summed E-state index contributed by atoms with van der Waals surface area (Å²) >= 11 is 15.7. The quantitative estimate of drug-likeness (QED) is 0.315. The van der Waals surface area contributed by atoms with Crippen LogP contribution in [0.2, 0.25) is 0 Å². The number of aliphatic hydroxyl groups excluding tert-OH is 2. The highest BCUT2D eigenvalue weighted by atomic mass is 32.2. The molecule has 18 heteroatoms. The zero-order chi connectivity index (χ0) is 39.9. The lowest BCUT2D eigenvalue weighted by molar-refractivity contribution is 0.0223. The van der Waals surface area contributed by atoms with Gasteiger partial charge in [-0.1, -0.05) is 12.1 Å². The lowest BCUT2D eigenvalue weighted by atomic mass is 9.99. The molecule has 2 aromatic carbocycles. The number of benzene rings is 2. The molecule has 0 bridgehead atoms. The monoisotopic (exact) mass is 952 g/mol. The second kappa shape index (κ2) is 24.3. The van der Waals surface area contributed by atoms with E-state index in [2.05, 4.69) is 0 Å². The summed E-state index contributed by atoms with van der Waals surface area (Å²) in [6.45, 7) is 4.47. The Morgan fingerprint density at radius 3 is 1.07 bits per heavy atom. The van der Waals surface area contributed by atoms with Crippen molar-refractivity contribution in [1.29, 1.82) is 0 Å². The molecule has 7 rings (SSSR count). The van der Waals surface area contributed by atoms with Gasteiger partial charge in [0.05, 0.1) is 62.0 Å². The van der Waals surface area contributed by atoms with Crippen LogP contribution in [0.3, 0.4) is 0 Å². The maximum atomic E-state index is 11.4. The van der Waals surface area contributed by atoms with Crippen LogP contribution in [0.25, 0.3) is 0 Å². The highest BCUT2D eigenvalue weighted by molar-refractivity contribution is 8.19. The van der Waals surface area contributed by atoms with Crippen LogP contribution in [0.15, 0.2) is 36.4 Å². The van der Waals surface area contributed by atoms with E-state index in [9.17, 15) is 10.2 Å². The minimum absolute atomic E-state index is 0.0752. The second-order valence-corrected chi connectivity index (χ2v) is 24.5. The van der Waals surface area contributed by atoms with E-state index in [1.165, 1.54) is 33.2 Å². The molecule has 2 N–H and O–H groups in total. The molecule has 10 nitrogen and oxygen atoms in total. The van der Waals surface area contributed by atoms with Crippen LogP contribution in [-0.2, 0) is 18.9 Å². The molecule has 5 aliphatic heterocycles. The number of rotatable bonds is 4. The second-order valence-electron chi connectivity index (χ2n) is 14.8. The van der Waals surface area contributed by atoms with Gasteiger partial charge in [0.15, 0.2) is 23.0 Å². The van der Waals surface area contributed by atoms with E-state index in [0.717, 1.165) is 34.1 Å². The van der Waals surface area contributed by atoms with E-state index in [-0.39, 0.29) is 9.16 Å². The minimum Gasteiger partial charge on any atom is -0.487 e. The summed E-state index contributed by atoms with van der Waals surface area (Å²) in [5.74, 6) is 11.5. The maximum Gasteiger partial charge on any atom is 0.161 e. The van der Waals surface area contributed by atoms with Gasteiger partial charge in [0.2, 0.25) is 0 Å². The van der Waals surface area contributed by atoms with E-state index in [4.69, 9.17) is 37.9 Å². The average molecular weight is 953 g/mol. The van der Waals surface area contributed by atoms with Crippen molar-refractivity contribution in [1.82, 2.24) is 0 Å². The van der Waals surface area contributed by atoms with E-state index in [0.29, 0.717) is 113 Å². The van der Waals surface area contributed by atoms with Gasteiger partial charge in [-0.15, -0.1) is 47.0 Å². The Morgan fingerprint density at radius 1 is 0.414 bits per heavy atom. The van der Waals surface area contributed by atoms with Crippen LogP contribution < -0.4 is 18.9 Å². The summed E-state index contributed by atoms with van der Waals surface area (Å²) in [5, 5.41) is 25.3. The Hall–Kier alpha value is 0.200. The highest BCUT2D eigenvalue weighted by Gasteiger charge is 2.41. The summed E-state index contributed by atoms with van der Waals surface area (Å²) in [4.78, 5) is 0. The standard InChI is InChI=1S/C40H56O10S8/c41-35(37-55-23-39(24-56-37)19-51-27-52-20-39)29-1-3-31-33(17-29)49-15-11-45-8-6-44-10-14-48-32-4-2-30(18-34(32)50-16-12-46-7-5-43-9-13-47-31)36(42)38-57-25-40(26-58-38)21-53-28-54-22-40/h1-4,17-18,35-38,41-42H,5-16,19-28H2. The Labute approximate surface area is 377 Å². The Kier molecular flexibility index (Phi) is 19.4. The Balaban J connectivity index is 0.890. The van der Waals surface area contributed by atoms with Gasteiger partial charge >= 0.3 is 0 Å². The van der Waals surface area contributed by atoms with Crippen LogP contribution in [0.4, 0.5) is 0 Å². The van der Waals surface area contributed by atoms with Crippen molar-refractivity contribution in [2.75, 3.05) is 135 Å². The largest absolute Gasteiger partial charge is 0.487 e. The number of thioether (sulfide) groups is 8. The first-order chi connectivity index (χ1) is 28.5. The summed E-state index contributed by atoms with van der Waals surface area (Å²) in [6, 6.07) is 11.4. The number of ether oxygens (including phenoxy) is 8.